The molecule has 3 aromatic rings. The summed E-state index contributed by atoms with van der Waals surface area (Å²) in [5.41, 5.74) is 1.29. The highest BCUT2D eigenvalue weighted by molar-refractivity contribution is 5.97. The van der Waals surface area contributed by atoms with Crippen LogP contribution in [0.5, 0.6) is 0 Å². The van der Waals surface area contributed by atoms with Gasteiger partial charge in [-0.25, -0.2) is 9.18 Å². The SMILES string of the molecule is O=C(c1ccccc1)C1CCN(Cn2nc(-c3ccc(F)cc3)oc2=O)CC1. The molecule has 4 rings (SSSR count). The summed E-state index contributed by atoms with van der Waals surface area (Å²) in [6.45, 7) is 1.71. The van der Waals surface area contributed by atoms with Crippen molar-refractivity contribution in [2.75, 3.05) is 13.1 Å². The van der Waals surface area contributed by atoms with E-state index >= 15 is 0 Å². The van der Waals surface area contributed by atoms with Crippen molar-refractivity contribution in [2.45, 2.75) is 19.5 Å². The Kier molecular flexibility index (Phi) is 5.16. The quantitative estimate of drug-likeness (QED) is 0.635. The molecule has 7 heteroatoms. The average molecular weight is 381 g/mol. The zero-order chi connectivity index (χ0) is 19.5. The molecule has 0 radical (unpaired) electrons. The number of carbonyl (C=O) groups is 1. The van der Waals surface area contributed by atoms with Gasteiger partial charge in [0.05, 0.1) is 0 Å². The number of aromatic nitrogens is 2. The summed E-state index contributed by atoms with van der Waals surface area (Å²) < 4.78 is 19.5. The number of benzene rings is 2. The van der Waals surface area contributed by atoms with E-state index in [1.54, 1.807) is 0 Å². The molecule has 0 bridgehead atoms. The Balaban J connectivity index is 1.38. The average Bonchev–Trinajstić information content (AvgIpc) is 3.09. The fraction of sp³-hybridized carbons (Fsp3) is 0.286. The molecule has 0 saturated carbocycles. The lowest BCUT2D eigenvalue weighted by molar-refractivity contribution is 0.0800. The predicted octanol–water partition coefficient (Wildman–Crippen LogP) is 3.19. The molecule has 1 saturated heterocycles. The van der Waals surface area contributed by atoms with Crippen LogP contribution in [0.4, 0.5) is 4.39 Å². The predicted molar refractivity (Wildman–Crippen MR) is 101 cm³/mol. The number of halogens is 1. The van der Waals surface area contributed by atoms with Crippen molar-refractivity contribution in [2.24, 2.45) is 5.92 Å². The number of piperidine rings is 1. The van der Waals surface area contributed by atoms with E-state index in [-0.39, 0.29) is 23.4 Å². The smallest absolute Gasteiger partial charge is 0.388 e. The summed E-state index contributed by atoms with van der Waals surface area (Å²) in [4.78, 5) is 26.7. The van der Waals surface area contributed by atoms with Crippen molar-refractivity contribution >= 4 is 5.78 Å². The second-order valence-corrected chi connectivity index (χ2v) is 6.94. The van der Waals surface area contributed by atoms with E-state index in [1.165, 1.54) is 28.9 Å². The maximum atomic E-state index is 13.0. The molecule has 1 aromatic heterocycles. The van der Waals surface area contributed by atoms with E-state index < -0.39 is 5.76 Å². The minimum Gasteiger partial charge on any atom is -0.388 e. The fourth-order valence-electron chi connectivity index (χ4n) is 3.47. The van der Waals surface area contributed by atoms with Gasteiger partial charge in [-0.3, -0.25) is 9.69 Å². The van der Waals surface area contributed by atoms with Gasteiger partial charge >= 0.3 is 5.76 Å². The van der Waals surface area contributed by atoms with Gasteiger partial charge in [0.15, 0.2) is 5.78 Å². The zero-order valence-electron chi connectivity index (χ0n) is 15.3. The number of hydrogen-bond donors (Lipinski definition) is 0. The van der Waals surface area contributed by atoms with Crippen molar-refractivity contribution in [3.05, 3.63) is 76.5 Å². The molecule has 0 N–H and O–H groups in total. The Morgan fingerprint density at radius 2 is 1.75 bits per heavy atom. The van der Waals surface area contributed by atoms with Gasteiger partial charge < -0.3 is 4.42 Å². The molecule has 144 valence electrons. The topological polar surface area (TPSA) is 68.3 Å². The van der Waals surface area contributed by atoms with Gasteiger partial charge in [0.2, 0.25) is 5.89 Å². The van der Waals surface area contributed by atoms with Crippen molar-refractivity contribution in [1.82, 2.24) is 14.7 Å². The van der Waals surface area contributed by atoms with Gasteiger partial charge in [-0.2, -0.15) is 4.68 Å². The van der Waals surface area contributed by atoms with Crippen LogP contribution in [0.3, 0.4) is 0 Å². The zero-order valence-corrected chi connectivity index (χ0v) is 15.3. The standard InChI is InChI=1S/C21H20FN3O3/c22-18-8-6-17(7-9-18)20-23-25(21(27)28-20)14-24-12-10-16(11-13-24)19(26)15-4-2-1-3-5-15/h1-9,16H,10-14H2. The molecule has 2 heterocycles. The summed E-state index contributed by atoms with van der Waals surface area (Å²) in [5.74, 6) is -0.570. The molecule has 1 fully saturated rings. The molecule has 0 spiro atoms. The molecule has 0 aliphatic carbocycles. The lowest BCUT2D eigenvalue weighted by Gasteiger charge is -2.30. The summed E-state index contributed by atoms with van der Waals surface area (Å²) in [7, 11) is 0. The Morgan fingerprint density at radius 3 is 2.43 bits per heavy atom. The Hall–Kier alpha value is -3.06. The van der Waals surface area contributed by atoms with E-state index in [4.69, 9.17) is 4.42 Å². The van der Waals surface area contributed by atoms with Crippen LogP contribution in [0, 0.1) is 11.7 Å². The van der Waals surface area contributed by atoms with Crippen molar-refractivity contribution in [1.29, 1.82) is 0 Å². The van der Waals surface area contributed by atoms with Crippen molar-refractivity contribution in [3.8, 4) is 11.5 Å². The molecular weight excluding hydrogens is 361 g/mol. The molecule has 1 aliphatic rings. The van der Waals surface area contributed by atoms with E-state index in [1.807, 2.05) is 30.3 Å². The lowest BCUT2D eigenvalue weighted by atomic mass is 9.89. The van der Waals surface area contributed by atoms with E-state index in [9.17, 15) is 14.0 Å². The molecular formula is C21H20FN3O3. The maximum absolute atomic E-state index is 13.0. The molecule has 1 aliphatic heterocycles. The highest BCUT2D eigenvalue weighted by Gasteiger charge is 2.26. The normalized spacial score (nSPS) is 15.6. The van der Waals surface area contributed by atoms with Gasteiger partial charge in [0.25, 0.3) is 0 Å². The van der Waals surface area contributed by atoms with Crippen LogP contribution in [0.1, 0.15) is 23.2 Å². The third-order valence-corrected chi connectivity index (χ3v) is 5.05. The molecule has 28 heavy (non-hydrogen) atoms. The first-order valence-electron chi connectivity index (χ1n) is 9.25. The third kappa shape index (κ3) is 3.94. The van der Waals surface area contributed by atoms with Gasteiger partial charge in [0, 0.05) is 30.1 Å². The van der Waals surface area contributed by atoms with E-state index in [2.05, 4.69) is 10.00 Å². The second kappa shape index (κ2) is 7.90. The first-order chi connectivity index (χ1) is 13.6. The van der Waals surface area contributed by atoms with Crippen LogP contribution < -0.4 is 5.76 Å². The van der Waals surface area contributed by atoms with Crippen molar-refractivity contribution < 1.29 is 13.6 Å². The van der Waals surface area contributed by atoms with Crippen LogP contribution in [0.25, 0.3) is 11.5 Å². The fourth-order valence-corrected chi connectivity index (χ4v) is 3.47. The van der Waals surface area contributed by atoms with Crippen LogP contribution in [0.2, 0.25) is 0 Å². The van der Waals surface area contributed by atoms with Crippen LogP contribution in [-0.2, 0) is 6.67 Å². The highest BCUT2D eigenvalue weighted by Crippen LogP contribution is 2.22. The number of ketones is 1. The largest absolute Gasteiger partial charge is 0.438 e. The minimum absolute atomic E-state index is 0.00228. The van der Waals surface area contributed by atoms with E-state index in [0.29, 0.717) is 25.3 Å². The molecule has 0 amide bonds. The molecule has 0 atom stereocenters. The molecule has 0 unspecified atom stereocenters. The number of nitrogens with zero attached hydrogens (tertiary/aromatic N) is 3. The first-order valence-corrected chi connectivity index (χ1v) is 9.25. The van der Waals surface area contributed by atoms with Gasteiger partial charge in [-0.05, 0) is 37.1 Å². The Labute approximate surface area is 161 Å². The van der Waals surface area contributed by atoms with Gasteiger partial charge in [0.1, 0.15) is 12.5 Å². The Morgan fingerprint density at radius 1 is 1.07 bits per heavy atom. The maximum Gasteiger partial charge on any atom is 0.438 e. The van der Waals surface area contributed by atoms with Crippen LogP contribution >= 0.6 is 0 Å². The first kappa shape index (κ1) is 18.3. The lowest BCUT2D eigenvalue weighted by Crippen LogP contribution is -2.39. The highest BCUT2D eigenvalue weighted by atomic mass is 19.1. The Bertz CT molecular complexity index is 1000. The second-order valence-electron chi connectivity index (χ2n) is 6.94. The number of rotatable bonds is 5. The number of carbonyl (C=O) groups excluding carboxylic acids is 1. The number of hydrogen-bond acceptors (Lipinski definition) is 5. The number of likely N-dealkylation sites (tertiary alicyclic amines) is 1. The van der Waals surface area contributed by atoms with Crippen LogP contribution in [-0.4, -0.2) is 33.6 Å². The summed E-state index contributed by atoms with van der Waals surface area (Å²) >= 11 is 0. The number of Topliss-reactive ketones (excluding diaryl/α,β-unsaturated/α-hetero) is 1. The monoisotopic (exact) mass is 381 g/mol. The van der Waals surface area contributed by atoms with Crippen molar-refractivity contribution in [3.63, 3.8) is 0 Å². The van der Waals surface area contributed by atoms with E-state index in [0.717, 1.165) is 18.4 Å². The minimum atomic E-state index is -0.554. The molecule has 2 aromatic carbocycles. The summed E-state index contributed by atoms with van der Waals surface area (Å²) in [6, 6.07) is 15.0. The van der Waals surface area contributed by atoms with Gasteiger partial charge in [-0.1, -0.05) is 30.3 Å². The van der Waals surface area contributed by atoms with Crippen LogP contribution in [0.15, 0.2) is 63.8 Å². The molecule has 6 nitrogen and oxygen atoms in total. The summed E-state index contributed by atoms with van der Waals surface area (Å²) in [5, 5.41) is 4.21. The van der Waals surface area contributed by atoms with Gasteiger partial charge in [-0.15, -0.1) is 5.10 Å². The third-order valence-electron chi connectivity index (χ3n) is 5.05. The summed E-state index contributed by atoms with van der Waals surface area (Å²) in [6.07, 6.45) is 1.48.